The number of halogens is 3. The van der Waals surface area contributed by atoms with Crippen LogP contribution in [0.2, 0.25) is 10.0 Å². The van der Waals surface area contributed by atoms with Crippen LogP contribution in [0.1, 0.15) is 11.1 Å². The Morgan fingerprint density at radius 2 is 1.64 bits per heavy atom. The van der Waals surface area contributed by atoms with Crippen LogP contribution in [0, 0.1) is 5.82 Å². The number of benzene rings is 3. The van der Waals surface area contributed by atoms with Crippen LogP contribution in [0.25, 0.3) is 22.2 Å². The van der Waals surface area contributed by atoms with Crippen LogP contribution in [0.4, 0.5) is 4.39 Å². The van der Waals surface area contributed by atoms with Gasteiger partial charge in [-0.1, -0.05) is 53.5 Å². The second kappa shape index (κ2) is 6.55. The molecule has 0 aliphatic rings. The molecule has 0 fully saturated rings. The van der Waals surface area contributed by atoms with Crippen molar-refractivity contribution in [1.29, 1.82) is 0 Å². The molecule has 4 aromatic rings. The Labute approximate surface area is 155 Å². The number of aromatic amines is 1. The smallest absolute Gasteiger partial charge is 0.141 e. The third kappa shape index (κ3) is 3.15. The van der Waals surface area contributed by atoms with Crippen LogP contribution < -0.4 is 0 Å². The fraction of sp³-hybridized carbons (Fsp3) is 0.0476. The zero-order valence-corrected chi connectivity index (χ0v) is 14.7. The van der Waals surface area contributed by atoms with Crippen molar-refractivity contribution in [2.45, 2.75) is 6.42 Å². The summed E-state index contributed by atoms with van der Waals surface area (Å²) in [5.74, 6) is -0.416. The highest BCUT2D eigenvalue weighted by Crippen LogP contribution is 2.34. The third-order valence-corrected chi connectivity index (χ3v) is 4.86. The minimum Gasteiger partial charge on any atom is -0.354 e. The van der Waals surface area contributed by atoms with Gasteiger partial charge in [0.15, 0.2) is 0 Å². The van der Waals surface area contributed by atoms with E-state index in [0.717, 1.165) is 39.7 Å². The molecule has 0 radical (unpaired) electrons. The molecule has 1 nitrogen and oxygen atoms in total. The molecule has 0 unspecified atom stereocenters. The van der Waals surface area contributed by atoms with E-state index in [2.05, 4.69) is 11.1 Å². The molecule has 0 amide bonds. The van der Waals surface area contributed by atoms with Crippen molar-refractivity contribution in [3.05, 3.63) is 93.7 Å². The van der Waals surface area contributed by atoms with Crippen molar-refractivity contribution in [3.8, 4) is 11.3 Å². The van der Waals surface area contributed by atoms with Crippen LogP contribution in [0.5, 0.6) is 0 Å². The van der Waals surface area contributed by atoms with Crippen molar-refractivity contribution in [2.24, 2.45) is 0 Å². The first-order chi connectivity index (χ1) is 12.1. The summed E-state index contributed by atoms with van der Waals surface area (Å²) in [5, 5.41) is 1.98. The number of rotatable bonds is 3. The number of nitrogens with one attached hydrogen (secondary N) is 1. The van der Waals surface area contributed by atoms with Gasteiger partial charge in [0.2, 0.25) is 0 Å². The van der Waals surface area contributed by atoms with Crippen LogP contribution in [0.3, 0.4) is 0 Å². The SMILES string of the molecule is Fc1ccc(-c2[nH]c3ccccc3c2Cc2ccc(Cl)cc2)cc1Cl. The van der Waals surface area contributed by atoms with Crippen molar-refractivity contribution in [1.82, 2.24) is 4.98 Å². The van der Waals surface area contributed by atoms with Gasteiger partial charge in [0, 0.05) is 22.3 Å². The quantitative estimate of drug-likeness (QED) is 0.405. The lowest BCUT2D eigenvalue weighted by molar-refractivity contribution is 0.628. The summed E-state index contributed by atoms with van der Waals surface area (Å²) in [6.07, 6.45) is 0.742. The molecule has 3 aromatic carbocycles. The number of para-hydroxylation sites is 1. The number of hydrogen-bond acceptors (Lipinski definition) is 0. The molecular weight excluding hydrogens is 356 g/mol. The Hall–Kier alpha value is -2.29. The number of aromatic nitrogens is 1. The van der Waals surface area contributed by atoms with Crippen LogP contribution in [0.15, 0.2) is 66.7 Å². The largest absolute Gasteiger partial charge is 0.354 e. The molecule has 0 aliphatic heterocycles. The van der Waals surface area contributed by atoms with Gasteiger partial charge in [-0.25, -0.2) is 4.39 Å². The van der Waals surface area contributed by atoms with Gasteiger partial charge < -0.3 is 4.98 Å². The lowest BCUT2D eigenvalue weighted by Crippen LogP contribution is -1.91. The van der Waals surface area contributed by atoms with E-state index in [4.69, 9.17) is 23.2 Å². The van der Waals surface area contributed by atoms with Crippen molar-refractivity contribution in [2.75, 3.05) is 0 Å². The van der Waals surface area contributed by atoms with Gasteiger partial charge in [-0.2, -0.15) is 0 Å². The maximum absolute atomic E-state index is 13.5. The molecule has 0 aliphatic carbocycles. The highest BCUT2D eigenvalue weighted by molar-refractivity contribution is 6.31. The van der Waals surface area contributed by atoms with E-state index in [9.17, 15) is 4.39 Å². The van der Waals surface area contributed by atoms with Gasteiger partial charge in [0.25, 0.3) is 0 Å². The van der Waals surface area contributed by atoms with Gasteiger partial charge in [-0.3, -0.25) is 0 Å². The van der Waals surface area contributed by atoms with Crippen LogP contribution in [-0.2, 0) is 6.42 Å². The zero-order valence-electron chi connectivity index (χ0n) is 13.2. The van der Waals surface area contributed by atoms with Gasteiger partial charge >= 0.3 is 0 Å². The van der Waals surface area contributed by atoms with E-state index in [1.54, 1.807) is 12.1 Å². The Morgan fingerprint density at radius 1 is 0.880 bits per heavy atom. The minimum absolute atomic E-state index is 0.119. The van der Waals surface area contributed by atoms with Crippen molar-refractivity contribution >= 4 is 34.1 Å². The van der Waals surface area contributed by atoms with E-state index in [0.29, 0.717) is 5.02 Å². The zero-order chi connectivity index (χ0) is 17.4. The van der Waals surface area contributed by atoms with Crippen molar-refractivity contribution < 1.29 is 4.39 Å². The molecule has 124 valence electrons. The molecule has 0 atom stereocenters. The predicted octanol–water partition coefficient (Wildman–Crippen LogP) is 6.87. The molecule has 4 heteroatoms. The normalized spacial score (nSPS) is 11.2. The Morgan fingerprint density at radius 3 is 2.40 bits per heavy atom. The topological polar surface area (TPSA) is 15.8 Å². The van der Waals surface area contributed by atoms with Gasteiger partial charge in [-0.05, 0) is 53.1 Å². The Bertz CT molecular complexity index is 1050. The van der Waals surface area contributed by atoms with Gasteiger partial charge in [0.05, 0.1) is 10.7 Å². The summed E-state index contributed by atoms with van der Waals surface area (Å²) >= 11 is 12.0. The maximum Gasteiger partial charge on any atom is 0.141 e. The summed E-state index contributed by atoms with van der Waals surface area (Å²) < 4.78 is 13.5. The van der Waals surface area contributed by atoms with E-state index in [1.807, 2.05) is 42.5 Å². The fourth-order valence-corrected chi connectivity index (χ4v) is 3.39. The van der Waals surface area contributed by atoms with E-state index in [1.165, 1.54) is 6.07 Å². The fourth-order valence-electron chi connectivity index (χ4n) is 3.09. The lowest BCUT2D eigenvalue weighted by atomic mass is 9.98. The molecule has 0 saturated carbocycles. The molecule has 1 N–H and O–H groups in total. The molecular formula is C21H14Cl2FN. The molecule has 0 saturated heterocycles. The number of H-pyrrole nitrogens is 1. The maximum atomic E-state index is 13.5. The molecule has 1 heterocycles. The summed E-state index contributed by atoms with van der Waals surface area (Å²) in [7, 11) is 0. The molecule has 0 bridgehead atoms. The molecule has 25 heavy (non-hydrogen) atoms. The van der Waals surface area contributed by atoms with Gasteiger partial charge in [-0.15, -0.1) is 0 Å². The Balaban J connectivity index is 1.88. The molecule has 1 aromatic heterocycles. The monoisotopic (exact) mass is 369 g/mol. The highest BCUT2D eigenvalue weighted by atomic mass is 35.5. The van der Waals surface area contributed by atoms with Crippen molar-refractivity contribution in [3.63, 3.8) is 0 Å². The number of fused-ring (bicyclic) bond motifs is 1. The average Bonchev–Trinajstić information content (AvgIpc) is 2.98. The van der Waals surface area contributed by atoms with E-state index in [-0.39, 0.29) is 5.02 Å². The van der Waals surface area contributed by atoms with Crippen LogP contribution >= 0.6 is 23.2 Å². The highest BCUT2D eigenvalue weighted by Gasteiger charge is 2.14. The molecule has 4 rings (SSSR count). The summed E-state index contributed by atoms with van der Waals surface area (Å²) in [5.41, 5.74) is 5.18. The first kappa shape index (κ1) is 16.2. The molecule has 0 spiro atoms. The number of hydrogen-bond donors (Lipinski definition) is 1. The second-order valence-electron chi connectivity index (χ2n) is 5.96. The first-order valence-corrected chi connectivity index (χ1v) is 8.67. The average molecular weight is 370 g/mol. The Kier molecular flexibility index (Phi) is 4.24. The summed E-state index contributed by atoms with van der Waals surface area (Å²) in [6, 6.07) is 20.8. The summed E-state index contributed by atoms with van der Waals surface area (Å²) in [6.45, 7) is 0. The third-order valence-electron chi connectivity index (χ3n) is 4.32. The predicted molar refractivity (Wildman–Crippen MR) is 103 cm³/mol. The lowest BCUT2D eigenvalue weighted by Gasteiger charge is -2.07. The van der Waals surface area contributed by atoms with Gasteiger partial charge in [0.1, 0.15) is 5.82 Å². The minimum atomic E-state index is -0.416. The van der Waals surface area contributed by atoms with Crippen LogP contribution in [-0.4, -0.2) is 4.98 Å². The van der Waals surface area contributed by atoms with E-state index >= 15 is 0 Å². The first-order valence-electron chi connectivity index (χ1n) is 7.91. The summed E-state index contributed by atoms with van der Waals surface area (Å²) in [4.78, 5) is 3.45. The van der Waals surface area contributed by atoms with E-state index < -0.39 is 5.82 Å². The standard InChI is InChI=1S/C21H14Cl2FN/c22-15-8-5-13(6-9-15)11-17-16-3-1-2-4-20(16)25-21(17)14-7-10-19(24)18(23)12-14/h1-10,12,25H,11H2. The second-order valence-corrected chi connectivity index (χ2v) is 6.80.